The van der Waals surface area contributed by atoms with Gasteiger partial charge in [0.1, 0.15) is 11.5 Å². The third kappa shape index (κ3) is 4.12. The van der Waals surface area contributed by atoms with E-state index < -0.39 is 13.0 Å². The number of thioether (sulfide) groups is 1. The lowest BCUT2D eigenvalue weighted by atomic mass is 10.1. The monoisotopic (exact) mass is 367 g/mol. The molecule has 1 aliphatic heterocycles. The molecule has 1 aromatic heterocycles. The van der Waals surface area contributed by atoms with E-state index in [2.05, 4.69) is 10.5 Å². The van der Waals surface area contributed by atoms with Crippen LogP contribution >= 0.6 is 11.8 Å². The molecule has 134 valence electrons. The van der Waals surface area contributed by atoms with E-state index in [1.54, 1.807) is 6.07 Å². The van der Waals surface area contributed by atoms with Crippen molar-refractivity contribution in [3.05, 3.63) is 35.7 Å². The van der Waals surface area contributed by atoms with Crippen molar-refractivity contribution in [3.8, 4) is 0 Å². The molecule has 1 aromatic carbocycles. The van der Waals surface area contributed by atoms with Gasteiger partial charge in [0, 0.05) is 22.6 Å². The first kappa shape index (κ1) is 17.7. The zero-order valence-electron chi connectivity index (χ0n) is 14.0. The highest BCUT2D eigenvalue weighted by Crippen LogP contribution is 2.37. The van der Waals surface area contributed by atoms with E-state index in [-0.39, 0.29) is 17.6 Å². The number of fused-ring (bicyclic) bond motifs is 1. The number of nitrogens with one attached hydrogen (secondary N) is 1. The number of nitrogens with zero attached hydrogens (tertiary/aromatic N) is 2. The summed E-state index contributed by atoms with van der Waals surface area (Å²) in [6, 6.07) is 7.32. The van der Waals surface area contributed by atoms with Crippen molar-refractivity contribution in [2.45, 2.75) is 37.6 Å². The molecule has 0 bridgehead atoms. The molecule has 0 spiro atoms. The minimum atomic E-state index is -2.57. The topological polar surface area (TPSA) is 58.4 Å². The smallest absolute Gasteiger partial charge is 0.256 e. The van der Waals surface area contributed by atoms with Gasteiger partial charge >= 0.3 is 0 Å². The van der Waals surface area contributed by atoms with Crippen LogP contribution in [0.4, 0.5) is 20.2 Å². The SMILES string of the molecule is CC(C)c1cc(CNc2ccc3c(c2)N(CC(F)F)C(=O)CS3)no1. The molecule has 2 aromatic rings. The van der Waals surface area contributed by atoms with Gasteiger partial charge in [-0.05, 0) is 18.2 Å². The van der Waals surface area contributed by atoms with Crippen LogP contribution in [-0.4, -0.2) is 29.8 Å². The van der Waals surface area contributed by atoms with E-state index in [4.69, 9.17) is 4.52 Å². The molecular formula is C17H19F2N3O2S. The fourth-order valence-electron chi connectivity index (χ4n) is 2.53. The first-order valence-electron chi connectivity index (χ1n) is 7.98. The Morgan fingerprint density at radius 2 is 2.16 bits per heavy atom. The van der Waals surface area contributed by atoms with E-state index in [1.807, 2.05) is 32.0 Å². The van der Waals surface area contributed by atoms with E-state index in [0.29, 0.717) is 12.2 Å². The molecule has 0 saturated heterocycles. The molecule has 0 atom stereocenters. The van der Waals surface area contributed by atoms with Gasteiger partial charge in [-0.15, -0.1) is 11.8 Å². The molecule has 1 amide bonds. The molecular weight excluding hydrogens is 348 g/mol. The van der Waals surface area contributed by atoms with Gasteiger partial charge in [-0.25, -0.2) is 8.78 Å². The summed E-state index contributed by atoms with van der Waals surface area (Å²) < 4.78 is 30.8. The number of rotatable bonds is 6. The first-order chi connectivity index (χ1) is 11.9. The number of anilines is 2. The zero-order chi connectivity index (χ0) is 18.0. The van der Waals surface area contributed by atoms with E-state index in [9.17, 15) is 13.6 Å². The average molecular weight is 367 g/mol. The molecule has 2 heterocycles. The van der Waals surface area contributed by atoms with Gasteiger partial charge in [-0.2, -0.15) is 0 Å². The average Bonchev–Trinajstić information content (AvgIpc) is 3.04. The predicted octanol–water partition coefficient (Wildman–Crippen LogP) is 4.11. The second kappa shape index (κ2) is 7.43. The number of benzene rings is 1. The normalized spacial score (nSPS) is 14.3. The molecule has 1 aliphatic rings. The lowest BCUT2D eigenvalue weighted by Crippen LogP contribution is -2.38. The Morgan fingerprint density at radius 1 is 1.36 bits per heavy atom. The first-order valence-corrected chi connectivity index (χ1v) is 8.97. The summed E-state index contributed by atoms with van der Waals surface area (Å²) in [4.78, 5) is 14.0. The quantitative estimate of drug-likeness (QED) is 0.832. The van der Waals surface area contributed by atoms with Gasteiger partial charge in [0.2, 0.25) is 5.91 Å². The highest BCUT2D eigenvalue weighted by atomic mass is 32.2. The van der Waals surface area contributed by atoms with Crippen molar-refractivity contribution in [1.82, 2.24) is 5.16 Å². The van der Waals surface area contributed by atoms with E-state index in [1.165, 1.54) is 11.8 Å². The fourth-order valence-corrected chi connectivity index (χ4v) is 3.44. The fraction of sp³-hybridized carbons (Fsp3) is 0.412. The van der Waals surface area contributed by atoms with Gasteiger partial charge < -0.3 is 14.7 Å². The molecule has 8 heteroatoms. The minimum absolute atomic E-state index is 0.184. The van der Waals surface area contributed by atoms with Crippen LogP contribution in [0.25, 0.3) is 0 Å². The molecule has 1 N–H and O–H groups in total. The van der Waals surface area contributed by atoms with Crippen molar-refractivity contribution < 1.29 is 18.1 Å². The Labute approximate surface area is 148 Å². The number of hydrogen-bond donors (Lipinski definition) is 1. The Kier molecular flexibility index (Phi) is 5.27. The maximum atomic E-state index is 12.8. The number of carbonyl (C=O) groups is 1. The Bertz CT molecular complexity index is 764. The van der Waals surface area contributed by atoms with Crippen LogP contribution in [0.3, 0.4) is 0 Å². The summed E-state index contributed by atoms with van der Waals surface area (Å²) in [5.74, 6) is 0.958. The predicted molar refractivity (Wildman–Crippen MR) is 93.4 cm³/mol. The summed E-state index contributed by atoms with van der Waals surface area (Å²) >= 11 is 1.37. The van der Waals surface area contributed by atoms with Gasteiger partial charge in [0.25, 0.3) is 6.43 Å². The Balaban J connectivity index is 1.75. The highest BCUT2D eigenvalue weighted by molar-refractivity contribution is 8.00. The number of alkyl halides is 2. The van der Waals surface area contributed by atoms with Crippen LogP contribution in [0.15, 0.2) is 33.7 Å². The zero-order valence-corrected chi connectivity index (χ0v) is 14.8. The van der Waals surface area contributed by atoms with Crippen LogP contribution in [0.2, 0.25) is 0 Å². The summed E-state index contributed by atoms with van der Waals surface area (Å²) in [5, 5.41) is 7.20. The van der Waals surface area contributed by atoms with Crippen LogP contribution in [0, 0.1) is 0 Å². The molecule has 0 aliphatic carbocycles. The summed E-state index contributed by atoms with van der Waals surface area (Å²) in [7, 11) is 0. The summed E-state index contributed by atoms with van der Waals surface area (Å²) in [5.41, 5.74) is 2.02. The second-order valence-electron chi connectivity index (χ2n) is 6.10. The minimum Gasteiger partial charge on any atom is -0.379 e. The number of carbonyl (C=O) groups excluding carboxylic acids is 1. The van der Waals surface area contributed by atoms with Crippen molar-refractivity contribution >= 4 is 29.0 Å². The summed E-state index contributed by atoms with van der Waals surface area (Å²) in [6.07, 6.45) is -2.57. The molecule has 0 unspecified atom stereocenters. The standard InChI is InChI=1S/C17H19F2N3O2S/c1-10(2)14-6-12(21-24-14)7-20-11-3-4-15-13(5-11)22(8-16(18)19)17(23)9-25-15/h3-6,10,16,20H,7-9H2,1-2H3. The lowest BCUT2D eigenvalue weighted by molar-refractivity contribution is -0.116. The Morgan fingerprint density at radius 3 is 2.84 bits per heavy atom. The van der Waals surface area contributed by atoms with E-state index in [0.717, 1.165) is 26.9 Å². The van der Waals surface area contributed by atoms with E-state index >= 15 is 0 Å². The van der Waals surface area contributed by atoms with Crippen molar-refractivity contribution in [1.29, 1.82) is 0 Å². The van der Waals surface area contributed by atoms with Crippen molar-refractivity contribution in [2.75, 3.05) is 22.5 Å². The lowest BCUT2D eigenvalue weighted by Gasteiger charge is -2.29. The maximum absolute atomic E-state index is 12.8. The third-order valence-electron chi connectivity index (χ3n) is 3.84. The van der Waals surface area contributed by atoms with Gasteiger partial charge in [0.05, 0.1) is 24.5 Å². The Hall–Kier alpha value is -2.09. The van der Waals surface area contributed by atoms with Crippen LogP contribution < -0.4 is 10.2 Å². The maximum Gasteiger partial charge on any atom is 0.256 e. The number of aromatic nitrogens is 1. The van der Waals surface area contributed by atoms with Gasteiger partial charge in [0.15, 0.2) is 0 Å². The third-order valence-corrected chi connectivity index (χ3v) is 4.89. The van der Waals surface area contributed by atoms with Crippen molar-refractivity contribution in [2.24, 2.45) is 0 Å². The molecule has 25 heavy (non-hydrogen) atoms. The van der Waals surface area contributed by atoms with Gasteiger partial charge in [-0.3, -0.25) is 4.79 Å². The number of amides is 1. The molecule has 0 radical (unpaired) electrons. The van der Waals surface area contributed by atoms with Gasteiger partial charge in [-0.1, -0.05) is 19.0 Å². The molecule has 0 fully saturated rings. The van der Waals surface area contributed by atoms with Crippen LogP contribution in [0.5, 0.6) is 0 Å². The second-order valence-corrected chi connectivity index (χ2v) is 7.11. The number of halogens is 2. The molecule has 0 saturated carbocycles. The highest BCUT2D eigenvalue weighted by Gasteiger charge is 2.27. The molecule has 3 rings (SSSR count). The largest absolute Gasteiger partial charge is 0.379 e. The van der Waals surface area contributed by atoms with Crippen LogP contribution in [0.1, 0.15) is 31.2 Å². The molecule has 5 nitrogen and oxygen atoms in total. The van der Waals surface area contributed by atoms with Crippen LogP contribution in [-0.2, 0) is 11.3 Å². The number of hydrogen-bond acceptors (Lipinski definition) is 5. The summed E-state index contributed by atoms with van der Waals surface area (Å²) in [6.45, 7) is 3.91. The van der Waals surface area contributed by atoms with Crippen molar-refractivity contribution in [3.63, 3.8) is 0 Å².